The van der Waals surface area contributed by atoms with Gasteiger partial charge in [-0.2, -0.15) is 0 Å². The number of rotatable bonds is 4. The van der Waals surface area contributed by atoms with Crippen LogP contribution in [-0.4, -0.2) is 59.5 Å². The number of carboxylic acids is 1. The summed E-state index contributed by atoms with van der Waals surface area (Å²) in [5.74, 6) is -0.469. The molecule has 2 rings (SSSR count). The van der Waals surface area contributed by atoms with Gasteiger partial charge in [0.25, 0.3) is 0 Å². The third-order valence-corrected chi connectivity index (χ3v) is 4.31. The molecule has 0 unspecified atom stereocenters. The molecule has 0 bridgehead atoms. The van der Waals surface area contributed by atoms with Crippen LogP contribution in [0.4, 0.5) is 0 Å². The van der Waals surface area contributed by atoms with Gasteiger partial charge in [-0.25, -0.2) is 0 Å². The smallest absolute Gasteiger partial charge is 0.319 e. The molecule has 19 heavy (non-hydrogen) atoms. The number of hydrogen-bond acceptors (Lipinski definition) is 3. The fourth-order valence-electron chi connectivity index (χ4n) is 3.00. The Morgan fingerprint density at radius 1 is 1.16 bits per heavy atom. The highest BCUT2D eigenvalue weighted by atomic mass is 16.4. The van der Waals surface area contributed by atoms with Gasteiger partial charge in [0.05, 0.1) is 0 Å². The Morgan fingerprint density at radius 3 is 2.11 bits per heavy atom. The Kier molecular flexibility index (Phi) is 4.13. The summed E-state index contributed by atoms with van der Waals surface area (Å²) in [7, 11) is 0. The molecule has 1 aliphatic carbocycles. The van der Waals surface area contributed by atoms with E-state index in [0.717, 1.165) is 26.1 Å². The van der Waals surface area contributed by atoms with E-state index in [-0.39, 0.29) is 5.91 Å². The third kappa shape index (κ3) is 2.76. The van der Waals surface area contributed by atoms with E-state index in [0.29, 0.717) is 31.8 Å². The summed E-state index contributed by atoms with van der Waals surface area (Å²) >= 11 is 0. The van der Waals surface area contributed by atoms with Crippen molar-refractivity contribution in [2.45, 2.75) is 33.1 Å². The Bertz CT molecular complexity index is 356. The van der Waals surface area contributed by atoms with Crippen molar-refractivity contribution in [1.82, 2.24) is 9.80 Å². The van der Waals surface area contributed by atoms with Gasteiger partial charge in [-0.05, 0) is 18.8 Å². The van der Waals surface area contributed by atoms with Gasteiger partial charge in [0, 0.05) is 32.7 Å². The number of nitrogens with zero attached hydrogens (tertiary/aromatic N) is 2. The maximum Gasteiger partial charge on any atom is 0.319 e. The molecule has 1 amide bonds. The first kappa shape index (κ1) is 14.3. The number of carbonyl (C=O) groups excluding carboxylic acids is 1. The van der Waals surface area contributed by atoms with E-state index in [1.807, 2.05) is 0 Å². The quantitative estimate of drug-likeness (QED) is 0.774. The molecule has 5 heteroatoms. The van der Waals surface area contributed by atoms with Crippen LogP contribution in [0.25, 0.3) is 0 Å². The topological polar surface area (TPSA) is 60.9 Å². The van der Waals surface area contributed by atoms with E-state index in [1.165, 1.54) is 0 Å². The summed E-state index contributed by atoms with van der Waals surface area (Å²) in [6.07, 6.45) is 1.87. The van der Waals surface area contributed by atoms with Crippen molar-refractivity contribution in [2.75, 3.05) is 32.7 Å². The van der Waals surface area contributed by atoms with Crippen molar-refractivity contribution < 1.29 is 14.7 Å². The molecular formula is C14H24N2O3. The second kappa shape index (κ2) is 5.49. The summed E-state index contributed by atoms with van der Waals surface area (Å²) in [5, 5.41) is 9.30. The first-order valence-corrected chi connectivity index (χ1v) is 7.21. The second-order valence-corrected chi connectivity index (χ2v) is 6.23. The number of piperazine rings is 1. The summed E-state index contributed by atoms with van der Waals surface area (Å²) in [4.78, 5) is 27.8. The molecule has 1 N–H and O–H groups in total. The Hall–Kier alpha value is -1.10. The molecular weight excluding hydrogens is 244 g/mol. The van der Waals surface area contributed by atoms with Crippen molar-refractivity contribution in [3.63, 3.8) is 0 Å². The monoisotopic (exact) mass is 268 g/mol. The van der Waals surface area contributed by atoms with Gasteiger partial charge in [-0.15, -0.1) is 0 Å². The van der Waals surface area contributed by atoms with Crippen LogP contribution >= 0.6 is 0 Å². The predicted octanol–water partition coefficient (Wildman–Crippen LogP) is 1.04. The van der Waals surface area contributed by atoms with Crippen molar-refractivity contribution in [3.8, 4) is 0 Å². The highest BCUT2D eigenvalue weighted by molar-refractivity contribution is 6.02. The Morgan fingerprint density at radius 2 is 1.74 bits per heavy atom. The lowest BCUT2D eigenvalue weighted by atomic mass is 9.67. The van der Waals surface area contributed by atoms with Gasteiger partial charge in [0.1, 0.15) is 5.41 Å². The van der Waals surface area contributed by atoms with Crippen molar-refractivity contribution in [2.24, 2.45) is 11.3 Å². The normalized spacial score (nSPS) is 23.2. The van der Waals surface area contributed by atoms with Crippen molar-refractivity contribution in [1.29, 1.82) is 0 Å². The van der Waals surface area contributed by atoms with E-state index in [1.54, 1.807) is 4.90 Å². The molecule has 1 saturated heterocycles. The van der Waals surface area contributed by atoms with Crippen LogP contribution in [0.15, 0.2) is 0 Å². The fourth-order valence-corrected chi connectivity index (χ4v) is 3.00. The standard InChI is InChI=1S/C14H24N2O3/c1-11(2)10-15-6-8-16(9-7-15)12(17)14(13(18)19)4-3-5-14/h11H,3-10H2,1-2H3,(H,18,19). The molecule has 2 aliphatic rings. The first-order chi connectivity index (χ1) is 8.95. The average molecular weight is 268 g/mol. The molecule has 0 radical (unpaired) electrons. The summed E-state index contributed by atoms with van der Waals surface area (Å²) < 4.78 is 0. The van der Waals surface area contributed by atoms with E-state index in [2.05, 4.69) is 18.7 Å². The lowest BCUT2D eigenvalue weighted by Crippen LogP contribution is -2.57. The van der Waals surface area contributed by atoms with Crippen LogP contribution in [0.1, 0.15) is 33.1 Å². The lowest BCUT2D eigenvalue weighted by Gasteiger charge is -2.43. The number of aliphatic carboxylic acids is 1. The Labute approximate surface area is 114 Å². The lowest BCUT2D eigenvalue weighted by molar-refractivity contribution is -0.168. The van der Waals surface area contributed by atoms with Crippen LogP contribution in [0.2, 0.25) is 0 Å². The van der Waals surface area contributed by atoms with Gasteiger partial charge in [0.2, 0.25) is 5.91 Å². The maximum absolute atomic E-state index is 12.4. The zero-order valence-electron chi connectivity index (χ0n) is 11.9. The molecule has 5 nitrogen and oxygen atoms in total. The minimum Gasteiger partial charge on any atom is -0.480 e. The molecule has 0 spiro atoms. The largest absolute Gasteiger partial charge is 0.480 e. The van der Waals surface area contributed by atoms with E-state index >= 15 is 0 Å². The number of carboxylic acid groups (broad SMARTS) is 1. The summed E-state index contributed by atoms with van der Waals surface area (Å²) in [5.41, 5.74) is -1.10. The maximum atomic E-state index is 12.4. The van der Waals surface area contributed by atoms with Crippen LogP contribution in [0.5, 0.6) is 0 Å². The average Bonchev–Trinajstić information content (AvgIpc) is 2.26. The highest BCUT2D eigenvalue weighted by Gasteiger charge is 2.53. The predicted molar refractivity (Wildman–Crippen MR) is 71.8 cm³/mol. The van der Waals surface area contributed by atoms with Crippen molar-refractivity contribution in [3.05, 3.63) is 0 Å². The molecule has 0 aromatic heterocycles. The van der Waals surface area contributed by atoms with Gasteiger partial charge in [-0.3, -0.25) is 14.5 Å². The molecule has 1 aliphatic heterocycles. The van der Waals surface area contributed by atoms with Gasteiger partial charge in [-0.1, -0.05) is 20.3 Å². The minimum absolute atomic E-state index is 0.157. The Balaban J connectivity index is 1.91. The zero-order chi connectivity index (χ0) is 14.0. The molecule has 0 aromatic rings. The van der Waals surface area contributed by atoms with E-state index < -0.39 is 11.4 Å². The molecule has 1 heterocycles. The second-order valence-electron chi connectivity index (χ2n) is 6.23. The zero-order valence-corrected chi connectivity index (χ0v) is 11.9. The molecule has 2 fully saturated rings. The van der Waals surface area contributed by atoms with Gasteiger partial charge < -0.3 is 10.0 Å². The molecule has 1 saturated carbocycles. The third-order valence-electron chi connectivity index (χ3n) is 4.31. The number of hydrogen-bond donors (Lipinski definition) is 1. The van der Waals surface area contributed by atoms with Gasteiger partial charge in [0.15, 0.2) is 0 Å². The molecule has 108 valence electrons. The summed E-state index contributed by atoms with van der Waals surface area (Å²) in [6, 6.07) is 0. The number of carbonyl (C=O) groups is 2. The SMILES string of the molecule is CC(C)CN1CCN(C(=O)C2(C(=O)O)CCC2)CC1. The first-order valence-electron chi connectivity index (χ1n) is 7.21. The molecule has 0 atom stereocenters. The minimum atomic E-state index is -1.10. The van der Waals surface area contributed by atoms with Crippen LogP contribution in [0.3, 0.4) is 0 Å². The number of amides is 1. The van der Waals surface area contributed by atoms with E-state index in [4.69, 9.17) is 0 Å². The highest BCUT2D eigenvalue weighted by Crippen LogP contribution is 2.42. The van der Waals surface area contributed by atoms with Gasteiger partial charge >= 0.3 is 5.97 Å². The van der Waals surface area contributed by atoms with Crippen LogP contribution in [0, 0.1) is 11.3 Å². The van der Waals surface area contributed by atoms with Crippen LogP contribution < -0.4 is 0 Å². The van der Waals surface area contributed by atoms with E-state index in [9.17, 15) is 14.7 Å². The fraction of sp³-hybridized carbons (Fsp3) is 0.857. The molecule has 0 aromatic carbocycles. The van der Waals surface area contributed by atoms with Crippen molar-refractivity contribution >= 4 is 11.9 Å². The summed E-state index contributed by atoms with van der Waals surface area (Å²) in [6.45, 7) is 8.48. The van der Waals surface area contributed by atoms with Crippen LogP contribution in [-0.2, 0) is 9.59 Å².